The smallest absolute Gasteiger partial charge is 0.119 e. The fraction of sp³-hybridized carbons (Fsp3) is 0.571. The van der Waals surface area contributed by atoms with Gasteiger partial charge in [-0.2, -0.15) is 0 Å². The molecule has 1 aromatic carbocycles. The number of rotatable bonds is 4. The van der Waals surface area contributed by atoms with Gasteiger partial charge in [0.2, 0.25) is 0 Å². The van der Waals surface area contributed by atoms with Crippen molar-refractivity contribution in [3.05, 3.63) is 29.3 Å². The first-order valence-electron chi connectivity index (χ1n) is 5.83. The minimum atomic E-state index is -0.162. The van der Waals surface area contributed by atoms with Gasteiger partial charge in [0.05, 0.1) is 6.10 Å². The van der Waals surface area contributed by atoms with Crippen LogP contribution in [-0.2, 0) is 6.42 Å². The molecule has 16 heavy (non-hydrogen) atoms. The van der Waals surface area contributed by atoms with Crippen molar-refractivity contribution in [2.45, 2.75) is 52.7 Å². The van der Waals surface area contributed by atoms with Crippen LogP contribution in [0.15, 0.2) is 18.2 Å². The lowest BCUT2D eigenvalue weighted by Gasteiger charge is -2.20. The number of aryl methyl sites for hydroxylation is 1. The molecule has 1 rings (SSSR count). The van der Waals surface area contributed by atoms with Crippen molar-refractivity contribution in [3.63, 3.8) is 0 Å². The molecular weight excluding hydrogens is 198 g/mol. The molecule has 0 saturated heterocycles. The van der Waals surface area contributed by atoms with E-state index in [1.165, 1.54) is 11.1 Å². The lowest BCUT2D eigenvalue weighted by Crippen LogP contribution is -2.34. The summed E-state index contributed by atoms with van der Waals surface area (Å²) in [6.45, 7) is 10.3. The van der Waals surface area contributed by atoms with Crippen LogP contribution in [0.4, 0.5) is 0 Å². The van der Waals surface area contributed by atoms with Crippen LogP contribution in [0.1, 0.15) is 38.8 Å². The molecule has 2 nitrogen and oxygen atoms in total. The first-order chi connectivity index (χ1) is 7.28. The van der Waals surface area contributed by atoms with E-state index in [1.807, 2.05) is 33.8 Å². The second kappa shape index (κ2) is 4.88. The lowest BCUT2D eigenvalue weighted by atomic mass is 9.93. The molecule has 0 atom stereocenters. The van der Waals surface area contributed by atoms with Gasteiger partial charge in [0.15, 0.2) is 0 Å². The van der Waals surface area contributed by atoms with Crippen molar-refractivity contribution >= 4 is 0 Å². The van der Waals surface area contributed by atoms with Crippen molar-refractivity contribution in [2.24, 2.45) is 5.73 Å². The number of nitrogens with two attached hydrogens (primary N) is 1. The summed E-state index contributed by atoms with van der Waals surface area (Å²) in [5.74, 6) is 0.936. The van der Waals surface area contributed by atoms with E-state index < -0.39 is 0 Å². The third kappa shape index (κ3) is 4.23. The predicted molar refractivity (Wildman–Crippen MR) is 68.9 cm³/mol. The van der Waals surface area contributed by atoms with E-state index in [-0.39, 0.29) is 11.6 Å². The zero-order valence-electron chi connectivity index (χ0n) is 11.0. The van der Waals surface area contributed by atoms with Crippen molar-refractivity contribution in [1.82, 2.24) is 0 Å². The van der Waals surface area contributed by atoms with Crippen LogP contribution in [0.2, 0.25) is 0 Å². The van der Waals surface area contributed by atoms with Crippen LogP contribution in [0.25, 0.3) is 0 Å². The number of ether oxygens (including phenoxy) is 1. The van der Waals surface area contributed by atoms with Crippen LogP contribution < -0.4 is 10.5 Å². The maximum Gasteiger partial charge on any atom is 0.119 e. The highest BCUT2D eigenvalue weighted by molar-refractivity contribution is 5.35. The molecular formula is C14H23NO. The quantitative estimate of drug-likeness (QED) is 0.848. The zero-order valence-corrected chi connectivity index (χ0v) is 11.0. The van der Waals surface area contributed by atoms with Gasteiger partial charge in [0, 0.05) is 5.54 Å². The molecule has 0 unspecified atom stereocenters. The Labute approximate surface area is 98.8 Å². The first-order valence-corrected chi connectivity index (χ1v) is 5.83. The highest BCUT2D eigenvalue weighted by Gasteiger charge is 2.13. The molecule has 90 valence electrons. The van der Waals surface area contributed by atoms with E-state index in [4.69, 9.17) is 10.5 Å². The molecule has 0 aliphatic heterocycles. The Kier molecular flexibility index (Phi) is 3.98. The summed E-state index contributed by atoms with van der Waals surface area (Å²) in [5.41, 5.74) is 8.40. The molecule has 0 aromatic heterocycles. The highest BCUT2D eigenvalue weighted by Crippen LogP contribution is 2.21. The van der Waals surface area contributed by atoms with Gasteiger partial charge >= 0.3 is 0 Å². The van der Waals surface area contributed by atoms with E-state index in [9.17, 15) is 0 Å². The molecule has 1 aromatic rings. The average Bonchev–Trinajstić information content (AvgIpc) is 2.06. The average molecular weight is 221 g/mol. The first kappa shape index (κ1) is 13.0. The van der Waals surface area contributed by atoms with Crippen molar-refractivity contribution in [3.8, 4) is 5.75 Å². The van der Waals surface area contributed by atoms with Crippen molar-refractivity contribution in [2.75, 3.05) is 0 Å². The van der Waals surface area contributed by atoms with E-state index >= 15 is 0 Å². The van der Waals surface area contributed by atoms with E-state index in [0.717, 1.165) is 12.2 Å². The third-order valence-electron chi connectivity index (χ3n) is 2.33. The SMILES string of the molecule is Cc1cc(OC(C)C)ccc1CC(C)(C)N. The molecule has 0 heterocycles. The number of hydrogen-bond donors (Lipinski definition) is 1. The molecule has 0 saturated carbocycles. The molecule has 2 N–H and O–H groups in total. The lowest BCUT2D eigenvalue weighted by molar-refractivity contribution is 0.242. The normalized spacial score (nSPS) is 11.9. The molecule has 0 fully saturated rings. The van der Waals surface area contributed by atoms with Gasteiger partial charge in [0.1, 0.15) is 5.75 Å². The molecule has 2 heteroatoms. The van der Waals surface area contributed by atoms with Crippen LogP contribution in [0.5, 0.6) is 5.75 Å². The molecule has 0 bridgehead atoms. The number of hydrogen-bond acceptors (Lipinski definition) is 2. The molecule has 0 radical (unpaired) electrons. The van der Waals surface area contributed by atoms with Crippen LogP contribution in [0, 0.1) is 6.92 Å². The van der Waals surface area contributed by atoms with Gasteiger partial charge in [-0.15, -0.1) is 0 Å². The second-order valence-electron chi connectivity index (χ2n) is 5.42. The van der Waals surface area contributed by atoms with Crippen LogP contribution in [0.3, 0.4) is 0 Å². The summed E-state index contributed by atoms with van der Waals surface area (Å²) in [5, 5.41) is 0. The summed E-state index contributed by atoms with van der Waals surface area (Å²) >= 11 is 0. The van der Waals surface area contributed by atoms with Gasteiger partial charge in [0.25, 0.3) is 0 Å². The topological polar surface area (TPSA) is 35.2 Å². The van der Waals surface area contributed by atoms with Crippen LogP contribution in [-0.4, -0.2) is 11.6 Å². The molecule has 0 spiro atoms. The summed E-state index contributed by atoms with van der Waals surface area (Å²) in [7, 11) is 0. The number of benzene rings is 1. The summed E-state index contributed by atoms with van der Waals surface area (Å²) in [6, 6.07) is 6.22. The minimum Gasteiger partial charge on any atom is -0.491 e. The Morgan fingerprint density at radius 3 is 2.38 bits per heavy atom. The molecule has 0 amide bonds. The molecule has 0 aliphatic carbocycles. The zero-order chi connectivity index (χ0) is 12.3. The van der Waals surface area contributed by atoms with Gasteiger partial charge in [-0.25, -0.2) is 0 Å². The fourth-order valence-corrected chi connectivity index (χ4v) is 1.70. The maximum absolute atomic E-state index is 6.02. The Morgan fingerprint density at radius 1 is 1.31 bits per heavy atom. The Bertz CT molecular complexity index is 350. The van der Waals surface area contributed by atoms with Crippen molar-refractivity contribution < 1.29 is 4.74 Å². The second-order valence-corrected chi connectivity index (χ2v) is 5.42. The van der Waals surface area contributed by atoms with Gasteiger partial charge < -0.3 is 10.5 Å². The van der Waals surface area contributed by atoms with Crippen molar-refractivity contribution in [1.29, 1.82) is 0 Å². The molecule has 0 aliphatic rings. The monoisotopic (exact) mass is 221 g/mol. The maximum atomic E-state index is 6.02. The van der Waals surface area contributed by atoms with Gasteiger partial charge in [-0.1, -0.05) is 6.07 Å². The Hall–Kier alpha value is -1.02. The summed E-state index contributed by atoms with van der Waals surface area (Å²) < 4.78 is 5.65. The van der Waals surface area contributed by atoms with E-state index in [2.05, 4.69) is 19.1 Å². The highest BCUT2D eigenvalue weighted by atomic mass is 16.5. The van der Waals surface area contributed by atoms with Gasteiger partial charge in [-0.3, -0.25) is 0 Å². The Balaban J connectivity index is 2.83. The fourth-order valence-electron chi connectivity index (χ4n) is 1.70. The summed E-state index contributed by atoms with van der Waals surface area (Å²) in [4.78, 5) is 0. The van der Waals surface area contributed by atoms with E-state index in [1.54, 1.807) is 0 Å². The minimum absolute atomic E-state index is 0.162. The standard InChI is InChI=1S/C14H23NO/c1-10(2)16-13-7-6-12(11(3)8-13)9-14(4,5)15/h6-8,10H,9,15H2,1-5H3. The predicted octanol–water partition coefficient (Wildman–Crippen LogP) is 3.06. The Morgan fingerprint density at radius 2 is 1.94 bits per heavy atom. The van der Waals surface area contributed by atoms with Gasteiger partial charge in [-0.05, 0) is 64.3 Å². The largest absolute Gasteiger partial charge is 0.491 e. The summed E-state index contributed by atoms with van der Waals surface area (Å²) in [6.07, 6.45) is 1.11. The van der Waals surface area contributed by atoms with Crippen LogP contribution >= 0.6 is 0 Å². The third-order valence-corrected chi connectivity index (χ3v) is 2.33. The van der Waals surface area contributed by atoms with E-state index in [0.29, 0.717) is 0 Å².